The van der Waals surface area contributed by atoms with Gasteiger partial charge >= 0.3 is 0 Å². The van der Waals surface area contributed by atoms with Crippen LogP contribution in [0.3, 0.4) is 0 Å². The van der Waals surface area contributed by atoms with Crippen molar-refractivity contribution >= 4 is 5.78 Å². The number of aryl methyl sites for hydroxylation is 2. The molecule has 4 heteroatoms. The van der Waals surface area contributed by atoms with Gasteiger partial charge in [-0.3, -0.25) is 9.78 Å². The molecule has 0 aliphatic heterocycles. The summed E-state index contributed by atoms with van der Waals surface area (Å²) in [6, 6.07) is 12.1. The quantitative estimate of drug-likeness (QED) is 0.608. The summed E-state index contributed by atoms with van der Waals surface area (Å²) in [7, 11) is 0. The van der Waals surface area contributed by atoms with E-state index in [0.717, 1.165) is 34.6 Å². The SMILES string of the molecule is CCc1ccc([C@@H](C)CC(=O)Cc2ccc(-c3cnoc3C)cc2)nc1. The minimum absolute atomic E-state index is 0.132. The molecule has 1 atom stereocenters. The first-order chi connectivity index (χ1) is 12.6. The van der Waals surface area contributed by atoms with E-state index in [1.54, 1.807) is 6.20 Å². The number of Topliss-reactive ketones (excluding diaryl/α,β-unsaturated/α-hetero) is 1. The van der Waals surface area contributed by atoms with Gasteiger partial charge < -0.3 is 4.52 Å². The highest BCUT2D eigenvalue weighted by molar-refractivity contribution is 5.81. The van der Waals surface area contributed by atoms with Crippen molar-refractivity contribution in [2.45, 2.75) is 46.0 Å². The van der Waals surface area contributed by atoms with Crippen LogP contribution in [0.15, 0.2) is 53.3 Å². The Hall–Kier alpha value is -2.75. The molecule has 26 heavy (non-hydrogen) atoms. The lowest BCUT2D eigenvalue weighted by Gasteiger charge is -2.11. The molecule has 0 bridgehead atoms. The third-order valence-corrected chi connectivity index (χ3v) is 4.71. The number of rotatable bonds is 7. The van der Waals surface area contributed by atoms with Crippen molar-refractivity contribution in [2.24, 2.45) is 0 Å². The average molecular weight is 348 g/mol. The van der Waals surface area contributed by atoms with Crippen molar-refractivity contribution in [3.63, 3.8) is 0 Å². The Kier molecular flexibility index (Phi) is 5.61. The third kappa shape index (κ3) is 4.26. The topological polar surface area (TPSA) is 56.0 Å². The van der Waals surface area contributed by atoms with Crippen LogP contribution in [0.2, 0.25) is 0 Å². The predicted octanol–water partition coefficient (Wildman–Crippen LogP) is 4.91. The van der Waals surface area contributed by atoms with Crippen LogP contribution in [0.1, 0.15) is 48.8 Å². The number of hydrogen-bond donors (Lipinski definition) is 0. The number of aromatic nitrogens is 2. The molecular weight excluding hydrogens is 324 g/mol. The molecule has 0 spiro atoms. The van der Waals surface area contributed by atoms with E-state index in [4.69, 9.17) is 4.52 Å². The second-order valence-electron chi connectivity index (χ2n) is 6.76. The Labute approximate surface area is 154 Å². The van der Waals surface area contributed by atoms with Gasteiger partial charge in [0.05, 0.1) is 6.20 Å². The van der Waals surface area contributed by atoms with E-state index in [9.17, 15) is 4.79 Å². The number of nitrogens with zero attached hydrogens (tertiary/aromatic N) is 2. The van der Waals surface area contributed by atoms with Crippen LogP contribution < -0.4 is 0 Å². The first-order valence-electron chi connectivity index (χ1n) is 9.04. The van der Waals surface area contributed by atoms with E-state index in [2.05, 4.69) is 30.1 Å². The zero-order chi connectivity index (χ0) is 18.5. The standard InChI is InChI=1S/C22H24N2O2/c1-4-17-7-10-22(23-13-17)15(2)11-20(25)12-18-5-8-19(9-6-18)21-14-24-26-16(21)3/h5-10,13-15H,4,11-12H2,1-3H3/t15-/m0/s1. The lowest BCUT2D eigenvalue weighted by atomic mass is 9.95. The van der Waals surface area contributed by atoms with E-state index in [1.165, 1.54) is 5.56 Å². The Morgan fingerprint density at radius 1 is 1.08 bits per heavy atom. The Bertz CT molecular complexity index is 864. The average Bonchev–Trinajstić information content (AvgIpc) is 3.08. The maximum absolute atomic E-state index is 12.4. The fourth-order valence-corrected chi connectivity index (χ4v) is 3.06. The van der Waals surface area contributed by atoms with Gasteiger partial charge in [-0.2, -0.15) is 0 Å². The summed E-state index contributed by atoms with van der Waals surface area (Å²) in [5.41, 5.74) is 5.25. The van der Waals surface area contributed by atoms with Crippen LogP contribution in [0, 0.1) is 6.92 Å². The summed E-state index contributed by atoms with van der Waals surface area (Å²) in [5.74, 6) is 1.16. The summed E-state index contributed by atoms with van der Waals surface area (Å²) < 4.78 is 5.10. The van der Waals surface area contributed by atoms with Crippen molar-refractivity contribution < 1.29 is 9.32 Å². The lowest BCUT2D eigenvalue weighted by Crippen LogP contribution is -2.08. The molecule has 0 fully saturated rings. The molecular formula is C22H24N2O2. The molecule has 134 valence electrons. The van der Waals surface area contributed by atoms with E-state index < -0.39 is 0 Å². The highest BCUT2D eigenvalue weighted by Gasteiger charge is 2.13. The molecule has 0 amide bonds. The van der Waals surface area contributed by atoms with Gasteiger partial charge in [-0.05, 0) is 36.1 Å². The molecule has 0 N–H and O–H groups in total. The predicted molar refractivity (Wildman–Crippen MR) is 102 cm³/mol. The minimum atomic E-state index is 0.132. The zero-order valence-corrected chi connectivity index (χ0v) is 15.5. The molecule has 2 aromatic heterocycles. The van der Waals surface area contributed by atoms with Crippen LogP contribution in [-0.4, -0.2) is 15.9 Å². The molecule has 2 heterocycles. The molecule has 0 aliphatic rings. The molecule has 0 unspecified atom stereocenters. The molecule has 4 nitrogen and oxygen atoms in total. The Morgan fingerprint density at radius 2 is 1.81 bits per heavy atom. The fourth-order valence-electron chi connectivity index (χ4n) is 3.06. The Balaban J connectivity index is 1.59. The van der Waals surface area contributed by atoms with Crippen LogP contribution in [-0.2, 0) is 17.6 Å². The van der Waals surface area contributed by atoms with Crippen molar-refractivity contribution in [2.75, 3.05) is 0 Å². The summed E-state index contributed by atoms with van der Waals surface area (Å²) in [6.45, 7) is 6.06. The zero-order valence-electron chi connectivity index (χ0n) is 15.5. The van der Waals surface area contributed by atoms with Crippen LogP contribution in [0.25, 0.3) is 11.1 Å². The molecule has 0 saturated heterocycles. The van der Waals surface area contributed by atoms with Crippen molar-refractivity contribution in [1.29, 1.82) is 0 Å². The van der Waals surface area contributed by atoms with Gasteiger partial charge in [-0.15, -0.1) is 0 Å². The van der Waals surface area contributed by atoms with Gasteiger partial charge in [-0.25, -0.2) is 0 Å². The molecule has 3 rings (SSSR count). The first kappa shape index (κ1) is 18.1. The minimum Gasteiger partial charge on any atom is -0.361 e. The Morgan fingerprint density at radius 3 is 2.38 bits per heavy atom. The van der Waals surface area contributed by atoms with Gasteiger partial charge in [0.25, 0.3) is 0 Å². The van der Waals surface area contributed by atoms with E-state index >= 15 is 0 Å². The fraction of sp³-hybridized carbons (Fsp3) is 0.318. The van der Waals surface area contributed by atoms with Crippen LogP contribution in [0.5, 0.6) is 0 Å². The molecule has 1 aromatic carbocycles. The summed E-state index contributed by atoms with van der Waals surface area (Å²) in [5, 5.41) is 3.81. The van der Waals surface area contributed by atoms with Gasteiger partial charge in [0.1, 0.15) is 11.5 Å². The summed E-state index contributed by atoms with van der Waals surface area (Å²) >= 11 is 0. The molecule has 0 aliphatic carbocycles. The molecule has 3 aromatic rings. The van der Waals surface area contributed by atoms with Gasteiger partial charge in [0, 0.05) is 36.2 Å². The van der Waals surface area contributed by atoms with E-state index in [0.29, 0.717) is 12.8 Å². The smallest absolute Gasteiger partial charge is 0.141 e. The number of carbonyl (C=O) groups excluding carboxylic acids is 1. The lowest BCUT2D eigenvalue weighted by molar-refractivity contribution is -0.118. The normalized spacial score (nSPS) is 12.1. The number of pyridine rings is 1. The summed E-state index contributed by atoms with van der Waals surface area (Å²) in [4.78, 5) is 16.9. The maximum Gasteiger partial charge on any atom is 0.141 e. The maximum atomic E-state index is 12.4. The van der Waals surface area contributed by atoms with Crippen molar-refractivity contribution in [1.82, 2.24) is 10.1 Å². The largest absolute Gasteiger partial charge is 0.361 e. The summed E-state index contributed by atoms with van der Waals surface area (Å²) in [6.07, 6.45) is 5.55. The second kappa shape index (κ2) is 8.09. The number of hydrogen-bond acceptors (Lipinski definition) is 4. The molecule has 0 saturated carbocycles. The number of benzene rings is 1. The number of ketones is 1. The van der Waals surface area contributed by atoms with E-state index in [-0.39, 0.29) is 11.7 Å². The third-order valence-electron chi connectivity index (χ3n) is 4.71. The second-order valence-corrected chi connectivity index (χ2v) is 6.76. The van der Waals surface area contributed by atoms with Crippen LogP contribution in [0.4, 0.5) is 0 Å². The first-order valence-corrected chi connectivity index (χ1v) is 9.04. The van der Waals surface area contributed by atoms with Crippen molar-refractivity contribution in [3.8, 4) is 11.1 Å². The monoisotopic (exact) mass is 348 g/mol. The highest BCUT2D eigenvalue weighted by Crippen LogP contribution is 2.24. The van der Waals surface area contributed by atoms with E-state index in [1.807, 2.05) is 43.5 Å². The molecule has 0 radical (unpaired) electrons. The van der Waals surface area contributed by atoms with Crippen LogP contribution >= 0.6 is 0 Å². The van der Waals surface area contributed by atoms with Gasteiger partial charge in [-0.1, -0.05) is 49.3 Å². The van der Waals surface area contributed by atoms with Gasteiger partial charge in [0.15, 0.2) is 0 Å². The van der Waals surface area contributed by atoms with Crippen molar-refractivity contribution in [3.05, 3.63) is 71.4 Å². The number of carbonyl (C=O) groups is 1. The highest BCUT2D eigenvalue weighted by atomic mass is 16.5. The van der Waals surface area contributed by atoms with Gasteiger partial charge in [0.2, 0.25) is 0 Å².